The molecule has 1 aromatic heterocycles. The fourth-order valence-corrected chi connectivity index (χ4v) is 1.54. The van der Waals surface area contributed by atoms with Crippen LogP contribution in [0.25, 0.3) is 0 Å². The number of aromatic nitrogens is 2. The Kier molecular flexibility index (Phi) is 5.64. The van der Waals surface area contributed by atoms with Gasteiger partial charge >= 0.3 is 0 Å². The van der Waals surface area contributed by atoms with Crippen molar-refractivity contribution in [3.05, 3.63) is 24.5 Å². The summed E-state index contributed by atoms with van der Waals surface area (Å²) in [7, 11) is 1.73. The lowest BCUT2D eigenvalue weighted by Crippen LogP contribution is -2.08. The van der Waals surface area contributed by atoms with Gasteiger partial charge in [0.2, 0.25) is 5.95 Å². The van der Waals surface area contributed by atoms with Crippen LogP contribution >= 0.6 is 0 Å². The smallest absolute Gasteiger partial charge is 0.203 e. The highest BCUT2D eigenvalue weighted by atomic mass is 16.5. The zero-order chi connectivity index (χ0) is 11.8. The van der Waals surface area contributed by atoms with Gasteiger partial charge in [0.05, 0.1) is 5.69 Å². The van der Waals surface area contributed by atoms with Crippen LogP contribution in [0.15, 0.2) is 18.9 Å². The number of nitrogens with one attached hydrogen (secondary N) is 1. The first-order valence-corrected chi connectivity index (χ1v) is 5.65. The Labute approximate surface area is 97.3 Å². The summed E-state index contributed by atoms with van der Waals surface area (Å²) in [4.78, 5) is 4.42. The number of unbranched alkanes of at least 4 members (excludes halogenated alkanes) is 1. The van der Waals surface area contributed by atoms with Crippen LogP contribution in [0.2, 0.25) is 0 Å². The first-order chi connectivity index (χ1) is 7.77. The van der Waals surface area contributed by atoms with Gasteiger partial charge in [0.1, 0.15) is 0 Å². The van der Waals surface area contributed by atoms with Crippen molar-refractivity contribution < 1.29 is 4.74 Å². The third-order valence-corrected chi connectivity index (χ3v) is 2.28. The summed E-state index contributed by atoms with van der Waals surface area (Å²) in [5.41, 5.74) is 1.03. The Balaban J connectivity index is 2.37. The summed E-state index contributed by atoms with van der Waals surface area (Å²) < 4.78 is 7.07. The van der Waals surface area contributed by atoms with Crippen molar-refractivity contribution >= 4 is 5.95 Å². The minimum absolute atomic E-state index is 0.793. The monoisotopic (exact) mass is 223 g/mol. The van der Waals surface area contributed by atoms with Crippen molar-refractivity contribution in [3.8, 4) is 0 Å². The molecule has 4 heteroatoms. The van der Waals surface area contributed by atoms with E-state index in [1.54, 1.807) is 7.11 Å². The largest absolute Gasteiger partial charge is 0.385 e. The summed E-state index contributed by atoms with van der Waals surface area (Å²) >= 11 is 0. The van der Waals surface area contributed by atoms with E-state index in [0.29, 0.717) is 0 Å². The molecule has 1 heterocycles. The first-order valence-electron chi connectivity index (χ1n) is 5.65. The number of allylic oxidation sites excluding steroid dienone is 1. The lowest BCUT2D eigenvalue weighted by atomic mass is 10.3. The van der Waals surface area contributed by atoms with Crippen molar-refractivity contribution in [2.75, 3.05) is 25.6 Å². The van der Waals surface area contributed by atoms with Crippen molar-refractivity contribution in [1.82, 2.24) is 9.55 Å². The molecule has 1 rings (SSSR count). The van der Waals surface area contributed by atoms with E-state index >= 15 is 0 Å². The summed E-state index contributed by atoms with van der Waals surface area (Å²) in [6, 6.07) is 0. The number of hydrogen-bond acceptors (Lipinski definition) is 3. The highest BCUT2D eigenvalue weighted by Gasteiger charge is 2.02. The molecule has 0 aliphatic heterocycles. The molecule has 4 nitrogen and oxygen atoms in total. The van der Waals surface area contributed by atoms with Gasteiger partial charge in [-0.25, -0.2) is 4.98 Å². The van der Waals surface area contributed by atoms with E-state index in [0.717, 1.165) is 44.2 Å². The molecule has 0 saturated carbocycles. The number of nitrogens with zero attached hydrogens (tertiary/aromatic N) is 2. The van der Waals surface area contributed by atoms with E-state index in [1.807, 2.05) is 19.2 Å². The molecule has 0 unspecified atom stereocenters. The van der Waals surface area contributed by atoms with Crippen LogP contribution in [0.4, 0.5) is 5.95 Å². The Hall–Kier alpha value is -1.29. The van der Waals surface area contributed by atoms with Crippen LogP contribution in [0, 0.1) is 6.92 Å². The van der Waals surface area contributed by atoms with Gasteiger partial charge in [-0.2, -0.15) is 0 Å². The second-order valence-electron chi connectivity index (χ2n) is 3.77. The molecule has 0 aliphatic rings. The Morgan fingerprint density at radius 1 is 1.56 bits per heavy atom. The van der Waals surface area contributed by atoms with Gasteiger partial charge in [-0.15, -0.1) is 6.58 Å². The number of rotatable bonds is 8. The standard InChI is InChI=1S/C12H21N3O/c1-4-8-15-10-11(2)14-12(15)13-7-5-6-9-16-3/h4,10H,1,5-9H2,2-3H3,(H,13,14). The van der Waals surface area contributed by atoms with Crippen LogP contribution in [0.5, 0.6) is 0 Å². The molecule has 16 heavy (non-hydrogen) atoms. The minimum atomic E-state index is 0.793. The molecule has 0 spiro atoms. The predicted octanol–water partition coefficient (Wildman–Crippen LogP) is 2.22. The number of methoxy groups -OCH3 is 1. The van der Waals surface area contributed by atoms with E-state index in [1.165, 1.54) is 0 Å². The van der Waals surface area contributed by atoms with Crippen LogP contribution in [-0.4, -0.2) is 29.8 Å². The highest BCUT2D eigenvalue weighted by Crippen LogP contribution is 2.08. The number of aryl methyl sites for hydroxylation is 1. The molecule has 0 aromatic carbocycles. The van der Waals surface area contributed by atoms with Gasteiger partial charge in [-0.1, -0.05) is 6.08 Å². The normalized spacial score (nSPS) is 10.4. The third-order valence-electron chi connectivity index (χ3n) is 2.28. The summed E-state index contributed by atoms with van der Waals surface area (Å²) in [5.74, 6) is 0.926. The number of imidazole rings is 1. The van der Waals surface area contributed by atoms with Gasteiger partial charge in [-0.05, 0) is 19.8 Å². The van der Waals surface area contributed by atoms with Gasteiger partial charge in [0.15, 0.2) is 0 Å². The topological polar surface area (TPSA) is 39.1 Å². The molecule has 0 saturated heterocycles. The van der Waals surface area contributed by atoms with Crippen molar-refractivity contribution in [2.24, 2.45) is 0 Å². The quantitative estimate of drug-likeness (QED) is 0.542. The average Bonchev–Trinajstić information content (AvgIpc) is 2.59. The molecule has 0 atom stereocenters. The minimum Gasteiger partial charge on any atom is -0.385 e. The molecule has 0 aliphatic carbocycles. The van der Waals surface area contributed by atoms with E-state index in [2.05, 4.69) is 21.4 Å². The van der Waals surface area contributed by atoms with Crippen LogP contribution < -0.4 is 5.32 Å². The Morgan fingerprint density at radius 3 is 3.06 bits per heavy atom. The summed E-state index contributed by atoms with van der Waals surface area (Å²) in [6.45, 7) is 8.27. The molecule has 0 fully saturated rings. The van der Waals surface area contributed by atoms with E-state index < -0.39 is 0 Å². The molecule has 1 aromatic rings. The maximum Gasteiger partial charge on any atom is 0.203 e. The number of hydrogen-bond donors (Lipinski definition) is 1. The van der Waals surface area contributed by atoms with Crippen LogP contribution in [0.3, 0.4) is 0 Å². The van der Waals surface area contributed by atoms with Crippen LogP contribution in [0.1, 0.15) is 18.5 Å². The molecule has 0 bridgehead atoms. The average molecular weight is 223 g/mol. The third kappa shape index (κ3) is 4.06. The number of anilines is 1. The van der Waals surface area contributed by atoms with E-state index in [9.17, 15) is 0 Å². The Morgan fingerprint density at radius 2 is 2.38 bits per heavy atom. The lowest BCUT2D eigenvalue weighted by Gasteiger charge is -2.07. The first kappa shape index (κ1) is 12.8. The van der Waals surface area contributed by atoms with Crippen molar-refractivity contribution in [2.45, 2.75) is 26.3 Å². The van der Waals surface area contributed by atoms with E-state index in [4.69, 9.17) is 4.74 Å². The molecule has 1 N–H and O–H groups in total. The molecule has 0 radical (unpaired) electrons. The second kappa shape index (κ2) is 7.06. The van der Waals surface area contributed by atoms with Crippen molar-refractivity contribution in [1.29, 1.82) is 0 Å². The molecule has 0 amide bonds. The van der Waals surface area contributed by atoms with Crippen molar-refractivity contribution in [3.63, 3.8) is 0 Å². The molecular weight excluding hydrogens is 202 g/mol. The SMILES string of the molecule is C=CCn1cc(C)nc1NCCCCOC. The lowest BCUT2D eigenvalue weighted by molar-refractivity contribution is 0.193. The zero-order valence-electron chi connectivity index (χ0n) is 10.2. The van der Waals surface area contributed by atoms with Gasteiger partial charge < -0.3 is 14.6 Å². The van der Waals surface area contributed by atoms with Gasteiger partial charge in [0.25, 0.3) is 0 Å². The zero-order valence-corrected chi connectivity index (χ0v) is 10.2. The van der Waals surface area contributed by atoms with Crippen LogP contribution in [-0.2, 0) is 11.3 Å². The van der Waals surface area contributed by atoms with Gasteiger partial charge in [0, 0.05) is 33.0 Å². The molecular formula is C12H21N3O. The fraction of sp³-hybridized carbons (Fsp3) is 0.583. The number of ether oxygens (including phenoxy) is 1. The van der Waals surface area contributed by atoms with E-state index in [-0.39, 0.29) is 0 Å². The maximum absolute atomic E-state index is 5.00. The Bertz CT molecular complexity index is 320. The summed E-state index contributed by atoms with van der Waals surface area (Å²) in [5, 5.41) is 3.33. The summed E-state index contributed by atoms with van der Waals surface area (Å²) in [6.07, 6.45) is 6.06. The van der Waals surface area contributed by atoms with Gasteiger partial charge in [-0.3, -0.25) is 0 Å². The predicted molar refractivity (Wildman–Crippen MR) is 66.8 cm³/mol. The second-order valence-corrected chi connectivity index (χ2v) is 3.77. The fourth-order valence-electron chi connectivity index (χ4n) is 1.54. The highest BCUT2D eigenvalue weighted by molar-refractivity contribution is 5.28. The maximum atomic E-state index is 5.00. The molecule has 90 valence electrons.